The maximum atomic E-state index is 11.7. The van der Waals surface area contributed by atoms with E-state index in [9.17, 15) is 9.59 Å². The van der Waals surface area contributed by atoms with Gasteiger partial charge in [0.25, 0.3) is 0 Å². The number of carbonyl (C=O) groups is 2. The molecule has 2 heterocycles. The second kappa shape index (κ2) is 5.73. The minimum absolute atomic E-state index is 0.00847. The van der Waals surface area contributed by atoms with Gasteiger partial charge >= 0.3 is 0 Å². The fourth-order valence-electron chi connectivity index (χ4n) is 2.01. The number of hydrogen-bond acceptors (Lipinski definition) is 3. The molecule has 0 aromatic carbocycles. The Bertz CT molecular complexity index is 693. The Morgan fingerprint density at radius 1 is 1.29 bits per heavy atom. The van der Waals surface area contributed by atoms with Crippen LogP contribution in [0.4, 0.5) is 0 Å². The second-order valence-electron chi connectivity index (χ2n) is 5.11. The lowest BCUT2D eigenvalue weighted by Crippen LogP contribution is -2.37. The predicted octanol–water partition coefficient (Wildman–Crippen LogP) is 1.13. The van der Waals surface area contributed by atoms with Crippen LogP contribution in [0.2, 0.25) is 5.02 Å². The van der Waals surface area contributed by atoms with Crippen LogP contribution < -0.4 is 10.6 Å². The summed E-state index contributed by atoms with van der Waals surface area (Å²) >= 11 is 5.90. The van der Waals surface area contributed by atoms with Crippen LogP contribution in [0.25, 0.3) is 5.65 Å². The number of imidazole rings is 1. The topological polar surface area (TPSA) is 75.5 Å². The molecule has 0 spiro atoms. The van der Waals surface area contributed by atoms with Crippen molar-refractivity contribution in [3.63, 3.8) is 0 Å². The van der Waals surface area contributed by atoms with Crippen molar-refractivity contribution in [1.29, 1.82) is 0 Å². The van der Waals surface area contributed by atoms with E-state index in [-0.39, 0.29) is 24.3 Å². The van der Waals surface area contributed by atoms with Crippen LogP contribution in [0, 0.1) is 5.92 Å². The van der Waals surface area contributed by atoms with Gasteiger partial charge in [-0.1, -0.05) is 11.6 Å². The molecule has 0 unspecified atom stereocenters. The van der Waals surface area contributed by atoms with E-state index in [2.05, 4.69) is 15.6 Å². The maximum absolute atomic E-state index is 11.7. The molecule has 2 N–H and O–H groups in total. The van der Waals surface area contributed by atoms with Crippen LogP contribution >= 0.6 is 11.6 Å². The lowest BCUT2D eigenvalue weighted by atomic mass is 10.4. The summed E-state index contributed by atoms with van der Waals surface area (Å²) in [6, 6.07) is 3.57. The third-order valence-corrected chi connectivity index (χ3v) is 3.53. The molecule has 2 amide bonds. The zero-order chi connectivity index (χ0) is 14.8. The van der Waals surface area contributed by atoms with Gasteiger partial charge in [-0.25, -0.2) is 4.98 Å². The lowest BCUT2D eigenvalue weighted by molar-refractivity contribution is -0.126. The zero-order valence-corrected chi connectivity index (χ0v) is 12.1. The van der Waals surface area contributed by atoms with Crippen LogP contribution in [-0.2, 0) is 16.1 Å². The number of halogens is 1. The van der Waals surface area contributed by atoms with Crippen LogP contribution in [0.3, 0.4) is 0 Å². The molecule has 1 fully saturated rings. The van der Waals surface area contributed by atoms with Crippen LogP contribution in [0.5, 0.6) is 0 Å². The molecule has 0 radical (unpaired) electrons. The van der Waals surface area contributed by atoms with E-state index in [1.807, 2.05) is 12.3 Å². The van der Waals surface area contributed by atoms with E-state index in [1.165, 1.54) is 0 Å². The number of amides is 2. The number of pyridine rings is 1. The molecular weight excluding hydrogens is 292 g/mol. The molecular formula is C14H15ClN4O2. The molecule has 3 rings (SSSR count). The van der Waals surface area contributed by atoms with E-state index in [0.29, 0.717) is 11.6 Å². The van der Waals surface area contributed by atoms with Gasteiger partial charge in [-0.2, -0.15) is 0 Å². The maximum Gasteiger partial charge on any atom is 0.239 e. The van der Waals surface area contributed by atoms with Crippen molar-refractivity contribution in [1.82, 2.24) is 20.0 Å². The van der Waals surface area contributed by atoms with Crippen LogP contribution in [0.15, 0.2) is 24.5 Å². The van der Waals surface area contributed by atoms with Crippen molar-refractivity contribution < 1.29 is 9.59 Å². The number of hydrogen-bond donors (Lipinski definition) is 2. The quantitative estimate of drug-likeness (QED) is 0.869. The molecule has 0 saturated heterocycles. The summed E-state index contributed by atoms with van der Waals surface area (Å²) < 4.78 is 1.80. The molecule has 0 aliphatic heterocycles. The molecule has 1 aliphatic rings. The van der Waals surface area contributed by atoms with E-state index in [0.717, 1.165) is 24.2 Å². The Morgan fingerprint density at radius 2 is 2.10 bits per heavy atom. The highest BCUT2D eigenvalue weighted by Crippen LogP contribution is 2.28. The molecule has 6 nitrogen and oxygen atoms in total. The molecule has 21 heavy (non-hydrogen) atoms. The van der Waals surface area contributed by atoms with Crippen molar-refractivity contribution >= 4 is 29.1 Å². The molecule has 0 atom stereocenters. The highest BCUT2D eigenvalue weighted by molar-refractivity contribution is 6.30. The smallest absolute Gasteiger partial charge is 0.239 e. The summed E-state index contributed by atoms with van der Waals surface area (Å²) in [5.74, 6) is -0.146. The zero-order valence-electron chi connectivity index (χ0n) is 11.3. The van der Waals surface area contributed by atoms with Gasteiger partial charge in [0.05, 0.1) is 23.8 Å². The highest BCUT2D eigenvalue weighted by atomic mass is 35.5. The Balaban J connectivity index is 1.50. The minimum atomic E-state index is -0.223. The van der Waals surface area contributed by atoms with Crippen LogP contribution in [-0.4, -0.2) is 27.7 Å². The molecule has 110 valence electrons. The Morgan fingerprint density at radius 3 is 2.86 bits per heavy atom. The van der Waals surface area contributed by atoms with Gasteiger partial charge in [0.2, 0.25) is 11.8 Å². The van der Waals surface area contributed by atoms with E-state index in [1.54, 1.807) is 16.7 Å². The molecule has 7 heteroatoms. The second-order valence-corrected chi connectivity index (χ2v) is 5.55. The number of rotatable bonds is 5. The van der Waals surface area contributed by atoms with Gasteiger partial charge in [-0.15, -0.1) is 0 Å². The fraction of sp³-hybridized carbons (Fsp3) is 0.357. The molecule has 0 bridgehead atoms. The first-order valence-corrected chi connectivity index (χ1v) is 7.17. The van der Waals surface area contributed by atoms with Crippen molar-refractivity contribution in [3.05, 3.63) is 35.2 Å². The third kappa shape index (κ3) is 3.52. The number of nitrogens with zero attached hydrogens (tertiary/aromatic N) is 2. The third-order valence-electron chi connectivity index (χ3n) is 3.30. The van der Waals surface area contributed by atoms with Gasteiger partial charge < -0.3 is 15.0 Å². The Hall–Kier alpha value is -2.08. The summed E-state index contributed by atoms with van der Waals surface area (Å²) in [4.78, 5) is 27.4. The molecule has 1 aliphatic carbocycles. The largest absolute Gasteiger partial charge is 0.349 e. The van der Waals surface area contributed by atoms with Gasteiger partial charge in [-0.3, -0.25) is 9.59 Å². The van der Waals surface area contributed by atoms with Crippen molar-refractivity contribution in [2.24, 2.45) is 5.92 Å². The van der Waals surface area contributed by atoms with E-state index in [4.69, 9.17) is 11.6 Å². The first-order valence-electron chi connectivity index (χ1n) is 6.79. The number of fused-ring (bicyclic) bond motifs is 1. The van der Waals surface area contributed by atoms with Gasteiger partial charge in [0.15, 0.2) is 0 Å². The fourth-order valence-corrected chi connectivity index (χ4v) is 2.18. The van der Waals surface area contributed by atoms with Gasteiger partial charge in [0.1, 0.15) is 5.65 Å². The highest BCUT2D eigenvalue weighted by Gasteiger charge is 2.29. The SMILES string of the molecule is O=C(CNC(=O)C1CC1)NCc1cn2cc(Cl)ccc2n1. The monoisotopic (exact) mass is 306 g/mol. The first kappa shape index (κ1) is 13.9. The summed E-state index contributed by atoms with van der Waals surface area (Å²) in [5.41, 5.74) is 1.50. The normalized spacial score (nSPS) is 14.1. The summed E-state index contributed by atoms with van der Waals surface area (Å²) in [6.07, 6.45) is 5.42. The number of nitrogens with one attached hydrogen (secondary N) is 2. The lowest BCUT2D eigenvalue weighted by Gasteiger charge is -2.04. The summed E-state index contributed by atoms with van der Waals surface area (Å²) in [6.45, 7) is 0.325. The van der Waals surface area contributed by atoms with Crippen molar-refractivity contribution in [2.45, 2.75) is 19.4 Å². The Labute approximate surface area is 126 Å². The van der Waals surface area contributed by atoms with Crippen LogP contribution in [0.1, 0.15) is 18.5 Å². The van der Waals surface area contributed by atoms with E-state index >= 15 is 0 Å². The minimum Gasteiger partial charge on any atom is -0.349 e. The van der Waals surface area contributed by atoms with Crippen molar-refractivity contribution in [3.8, 4) is 0 Å². The molecule has 2 aromatic heterocycles. The predicted molar refractivity (Wildman–Crippen MR) is 77.8 cm³/mol. The standard InChI is InChI=1S/C14H15ClN4O2/c15-10-3-4-12-18-11(8-19(12)7-10)5-16-13(20)6-17-14(21)9-1-2-9/h3-4,7-9H,1-2,5-6H2,(H,16,20)(H,17,21). The first-order chi connectivity index (χ1) is 10.1. The number of aromatic nitrogens is 2. The summed E-state index contributed by atoms with van der Waals surface area (Å²) in [5, 5.41) is 5.97. The van der Waals surface area contributed by atoms with Gasteiger partial charge in [0, 0.05) is 18.3 Å². The van der Waals surface area contributed by atoms with E-state index < -0.39 is 0 Å². The molecule has 1 saturated carbocycles. The molecule has 2 aromatic rings. The average molecular weight is 307 g/mol. The number of carbonyl (C=O) groups excluding carboxylic acids is 2. The van der Waals surface area contributed by atoms with Crippen molar-refractivity contribution in [2.75, 3.05) is 6.54 Å². The Kier molecular flexibility index (Phi) is 3.79. The summed E-state index contributed by atoms with van der Waals surface area (Å²) in [7, 11) is 0. The average Bonchev–Trinajstić information content (AvgIpc) is 3.23. The van der Waals surface area contributed by atoms with Gasteiger partial charge in [-0.05, 0) is 25.0 Å².